The van der Waals surface area contributed by atoms with Crippen LogP contribution < -0.4 is 4.90 Å². The number of hydrogen-bond acceptors (Lipinski definition) is 3. The molecule has 0 aliphatic heterocycles. The van der Waals surface area contributed by atoms with Gasteiger partial charge < -0.3 is 4.90 Å². The van der Waals surface area contributed by atoms with Crippen molar-refractivity contribution in [1.29, 1.82) is 0 Å². The van der Waals surface area contributed by atoms with Gasteiger partial charge in [0.05, 0.1) is 0 Å². The fraction of sp³-hybridized carbons (Fsp3) is 0.529. The third-order valence-corrected chi connectivity index (χ3v) is 2.73. The van der Waals surface area contributed by atoms with Crippen LogP contribution in [0.15, 0.2) is 30.3 Å². The molecular weight excluding hydrogens is 260 g/mol. The van der Waals surface area contributed by atoms with Crippen LogP contribution in [0.4, 0.5) is 5.95 Å². The lowest BCUT2D eigenvalue weighted by molar-refractivity contribution is 0.768. The first-order valence-electron chi connectivity index (χ1n) is 7.90. The second kappa shape index (κ2) is 11.9. The summed E-state index contributed by atoms with van der Waals surface area (Å²) in [7, 11) is 2.02. The van der Waals surface area contributed by atoms with Crippen molar-refractivity contribution in [2.24, 2.45) is 0 Å². The minimum Gasteiger partial charge on any atom is -0.343 e. The molecule has 1 heterocycles. The van der Waals surface area contributed by atoms with Crippen LogP contribution in [-0.4, -0.2) is 28.8 Å². The third kappa shape index (κ3) is 7.49. The van der Waals surface area contributed by atoms with Gasteiger partial charge in [0.15, 0.2) is 0 Å². The molecule has 2 aromatic rings. The molecule has 0 fully saturated rings. The van der Waals surface area contributed by atoms with E-state index in [1.54, 1.807) is 0 Å². The first-order valence-corrected chi connectivity index (χ1v) is 7.90. The Labute approximate surface area is 129 Å². The van der Waals surface area contributed by atoms with Crippen molar-refractivity contribution < 1.29 is 0 Å². The lowest BCUT2D eigenvalue weighted by atomic mass is 10.1. The summed E-state index contributed by atoms with van der Waals surface area (Å²) in [5.41, 5.74) is 1.38. The molecule has 0 saturated carbocycles. The van der Waals surface area contributed by atoms with Gasteiger partial charge in [0.2, 0.25) is 5.95 Å². The van der Waals surface area contributed by atoms with E-state index in [9.17, 15) is 0 Å². The summed E-state index contributed by atoms with van der Waals surface area (Å²) in [5.74, 6) is 1.63. The van der Waals surface area contributed by atoms with Crippen LogP contribution in [0.1, 0.15) is 45.5 Å². The van der Waals surface area contributed by atoms with Crippen LogP contribution >= 0.6 is 0 Å². The van der Waals surface area contributed by atoms with E-state index >= 15 is 0 Å². The molecule has 1 aromatic carbocycles. The average Bonchev–Trinajstić information content (AvgIpc) is 2.99. The van der Waals surface area contributed by atoms with Crippen LogP contribution in [0.3, 0.4) is 0 Å². The highest BCUT2D eigenvalue weighted by molar-refractivity contribution is 5.26. The maximum absolute atomic E-state index is 4.30. The fourth-order valence-electron chi connectivity index (χ4n) is 1.77. The fourth-order valence-corrected chi connectivity index (χ4v) is 1.77. The maximum Gasteiger partial charge on any atom is 0.244 e. The lowest BCUT2D eigenvalue weighted by Crippen LogP contribution is -2.20. The highest BCUT2D eigenvalue weighted by Gasteiger charge is 2.05. The van der Waals surface area contributed by atoms with E-state index in [2.05, 4.69) is 44.3 Å². The Morgan fingerprint density at radius 2 is 1.67 bits per heavy atom. The first kappa shape index (κ1) is 19.2. The summed E-state index contributed by atoms with van der Waals surface area (Å²) >= 11 is 0. The number of H-pyrrole nitrogens is 1. The molecule has 4 nitrogen and oxygen atoms in total. The Morgan fingerprint density at radius 3 is 2.19 bits per heavy atom. The molecule has 0 aliphatic carbocycles. The molecule has 21 heavy (non-hydrogen) atoms. The van der Waals surface area contributed by atoms with Crippen LogP contribution in [0.2, 0.25) is 0 Å². The molecule has 0 bridgehead atoms. The van der Waals surface area contributed by atoms with Gasteiger partial charge in [0.25, 0.3) is 0 Å². The molecule has 0 radical (unpaired) electrons. The summed E-state index contributed by atoms with van der Waals surface area (Å²) in [4.78, 5) is 6.37. The molecule has 118 valence electrons. The number of nitrogens with zero attached hydrogens (tertiary/aromatic N) is 3. The van der Waals surface area contributed by atoms with Crippen LogP contribution in [0.25, 0.3) is 0 Å². The van der Waals surface area contributed by atoms with Crippen molar-refractivity contribution in [1.82, 2.24) is 15.2 Å². The summed E-state index contributed by atoms with van der Waals surface area (Å²) in [5, 5.41) is 6.99. The highest BCUT2D eigenvalue weighted by Crippen LogP contribution is 2.07. The van der Waals surface area contributed by atoms with Gasteiger partial charge in [-0.2, -0.15) is 4.98 Å². The Kier molecular flexibility index (Phi) is 10.9. The highest BCUT2D eigenvalue weighted by atomic mass is 15.3. The van der Waals surface area contributed by atoms with Crippen molar-refractivity contribution in [2.45, 2.75) is 47.5 Å². The molecule has 2 rings (SSSR count). The van der Waals surface area contributed by atoms with Crippen LogP contribution in [-0.2, 0) is 6.42 Å². The van der Waals surface area contributed by atoms with Crippen LogP contribution in [0, 0.1) is 6.92 Å². The summed E-state index contributed by atoms with van der Waals surface area (Å²) in [6, 6.07) is 10.5. The van der Waals surface area contributed by atoms with Crippen molar-refractivity contribution >= 4 is 5.95 Å². The summed E-state index contributed by atoms with van der Waals surface area (Å²) < 4.78 is 0. The number of anilines is 1. The molecule has 0 atom stereocenters. The smallest absolute Gasteiger partial charge is 0.244 e. The summed E-state index contributed by atoms with van der Waals surface area (Å²) in [6.45, 7) is 10.9. The van der Waals surface area contributed by atoms with Gasteiger partial charge >= 0.3 is 0 Å². The topological polar surface area (TPSA) is 44.8 Å². The number of nitrogens with one attached hydrogen (secondary N) is 1. The molecule has 0 aliphatic rings. The van der Waals surface area contributed by atoms with E-state index in [-0.39, 0.29) is 0 Å². The number of benzene rings is 1. The van der Waals surface area contributed by atoms with E-state index in [0.29, 0.717) is 0 Å². The first-order chi connectivity index (χ1) is 10.3. The second-order valence-corrected chi connectivity index (χ2v) is 4.23. The average molecular weight is 290 g/mol. The predicted molar refractivity (Wildman–Crippen MR) is 91.8 cm³/mol. The van der Waals surface area contributed by atoms with Crippen molar-refractivity contribution in [3.63, 3.8) is 0 Å². The van der Waals surface area contributed by atoms with Gasteiger partial charge in [-0.15, -0.1) is 5.10 Å². The maximum atomic E-state index is 4.30. The van der Waals surface area contributed by atoms with Crippen molar-refractivity contribution in [2.75, 3.05) is 18.5 Å². The Bertz CT molecular complexity index is 451. The van der Waals surface area contributed by atoms with Gasteiger partial charge in [-0.05, 0) is 25.3 Å². The molecule has 0 amide bonds. The van der Waals surface area contributed by atoms with Gasteiger partial charge in [0, 0.05) is 13.6 Å². The Morgan fingerprint density at radius 1 is 1.05 bits per heavy atom. The minimum atomic E-state index is 0.774. The van der Waals surface area contributed by atoms with E-state index in [1.807, 2.05) is 47.7 Å². The van der Waals surface area contributed by atoms with E-state index in [1.165, 1.54) is 5.56 Å². The zero-order valence-electron chi connectivity index (χ0n) is 14.3. The van der Waals surface area contributed by atoms with Gasteiger partial charge in [-0.25, -0.2) is 0 Å². The number of aromatic nitrogens is 3. The molecule has 1 aromatic heterocycles. The zero-order chi connectivity index (χ0) is 16.1. The van der Waals surface area contributed by atoms with E-state index < -0.39 is 0 Å². The normalized spacial score (nSPS) is 9.05. The number of hydrogen-bond donors (Lipinski definition) is 1. The molecular formula is C17H30N4. The molecule has 0 saturated heterocycles. The van der Waals surface area contributed by atoms with Crippen LogP contribution in [0.5, 0.6) is 0 Å². The Balaban J connectivity index is 0.000000921. The van der Waals surface area contributed by atoms with Crippen molar-refractivity contribution in [3.05, 3.63) is 41.7 Å². The lowest BCUT2D eigenvalue weighted by Gasteiger charge is -2.14. The van der Waals surface area contributed by atoms with Gasteiger partial charge in [0.1, 0.15) is 5.82 Å². The predicted octanol–water partition coefficient (Wildman–Crippen LogP) is 4.23. The molecule has 4 heteroatoms. The monoisotopic (exact) mass is 290 g/mol. The SMILES string of the molecule is CC.CC.Cc1nc(N(C)CCCc2ccccc2)n[nH]1. The standard InChI is InChI=1S/C13H18N4.2C2H6/c1-11-14-13(16-15-11)17(2)10-6-9-12-7-4-3-5-8-12;2*1-2/h3-5,7-8H,6,9-10H2,1-2H3,(H,14,15,16);2*1-2H3. The second-order valence-electron chi connectivity index (χ2n) is 4.23. The number of aromatic amines is 1. The third-order valence-electron chi connectivity index (χ3n) is 2.73. The van der Waals surface area contributed by atoms with E-state index in [0.717, 1.165) is 31.2 Å². The molecule has 0 spiro atoms. The summed E-state index contributed by atoms with van der Waals surface area (Å²) in [6.07, 6.45) is 2.20. The minimum absolute atomic E-state index is 0.774. The largest absolute Gasteiger partial charge is 0.343 e. The van der Waals surface area contributed by atoms with Gasteiger partial charge in [-0.3, -0.25) is 5.10 Å². The van der Waals surface area contributed by atoms with Crippen molar-refractivity contribution in [3.8, 4) is 0 Å². The Hall–Kier alpha value is -1.84. The molecule has 0 unspecified atom stereocenters. The number of rotatable bonds is 5. The number of aryl methyl sites for hydroxylation is 2. The van der Waals surface area contributed by atoms with E-state index in [4.69, 9.17) is 0 Å². The van der Waals surface area contributed by atoms with Gasteiger partial charge in [-0.1, -0.05) is 58.0 Å². The zero-order valence-corrected chi connectivity index (χ0v) is 14.3. The quantitative estimate of drug-likeness (QED) is 0.896. The molecule has 1 N–H and O–H groups in total.